The lowest BCUT2D eigenvalue weighted by Gasteiger charge is -2.31. The number of carbonyl (C=O) groups is 2. The summed E-state index contributed by atoms with van der Waals surface area (Å²) in [4.78, 5) is 27.5. The highest BCUT2D eigenvalue weighted by atomic mass is 32.2. The zero-order valence-electron chi connectivity index (χ0n) is 20.1. The van der Waals surface area contributed by atoms with E-state index in [9.17, 15) is 22.4 Å². The summed E-state index contributed by atoms with van der Waals surface area (Å²) in [5.74, 6) is -0.648. The van der Waals surface area contributed by atoms with E-state index in [0.29, 0.717) is 17.9 Å². The maximum Gasteiger partial charge on any atom is 0.244 e. The van der Waals surface area contributed by atoms with E-state index in [1.807, 2.05) is 13.8 Å². The molecule has 34 heavy (non-hydrogen) atoms. The van der Waals surface area contributed by atoms with Crippen LogP contribution >= 0.6 is 0 Å². The van der Waals surface area contributed by atoms with Crippen molar-refractivity contribution in [1.82, 2.24) is 10.2 Å². The third kappa shape index (κ3) is 7.72. The molecule has 0 fully saturated rings. The van der Waals surface area contributed by atoms with Gasteiger partial charge in [-0.15, -0.1) is 0 Å². The number of benzene rings is 2. The Hall–Kier alpha value is -3.14. The number of ether oxygens (including phenoxy) is 1. The Balaban J connectivity index is 2.37. The highest BCUT2D eigenvalue weighted by Gasteiger charge is 2.30. The van der Waals surface area contributed by atoms with Gasteiger partial charge in [0, 0.05) is 13.1 Å². The molecule has 0 saturated carbocycles. The van der Waals surface area contributed by atoms with Crippen LogP contribution in [0, 0.1) is 11.7 Å². The average molecular weight is 494 g/mol. The van der Waals surface area contributed by atoms with E-state index in [4.69, 9.17) is 4.74 Å². The highest BCUT2D eigenvalue weighted by Crippen LogP contribution is 2.20. The predicted molar refractivity (Wildman–Crippen MR) is 129 cm³/mol. The Kier molecular flexibility index (Phi) is 9.43. The monoisotopic (exact) mass is 493 g/mol. The summed E-state index contributed by atoms with van der Waals surface area (Å²) < 4.78 is 44.4. The first-order valence-corrected chi connectivity index (χ1v) is 12.7. The zero-order chi connectivity index (χ0) is 25.5. The number of nitrogens with one attached hydrogen (secondary N) is 1. The number of carbonyl (C=O) groups excluding carboxylic acids is 2. The summed E-state index contributed by atoms with van der Waals surface area (Å²) in [6.45, 7) is 5.46. The molecule has 8 nitrogen and oxygen atoms in total. The van der Waals surface area contributed by atoms with Crippen molar-refractivity contribution in [3.63, 3.8) is 0 Å². The second-order valence-corrected chi connectivity index (χ2v) is 10.3. The van der Waals surface area contributed by atoms with Gasteiger partial charge in [0.15, 0.2) is 0 Å². The van der Waals surface area contributed by atoms with E-state index in [-0.39, 0.29) is 24.1 Å². The second-order valence-electron chi connectivity index (χ2n) is 8.43. The van der Waals surface area contributed by atoms with Crippen molar-refractivity contribution < 1.29 is 27.1 Å². The number of hydrogen-bond donors (Lipinski definition) is 1. The van der Waals surface area contributed by atoms with Crippen molar-refractivity contribution >= 4 is 27.5 Å². The van der Waals surface area contributed by atoms with Gasteiger partial charge < -0.3 is 15.0 Å². The fourth-order valence-corrected chi connectivity index (χ4v) is 4.07. The van der Waals surface area contributed by atoms with Crippen LogP contribution < -0.4 is 14.4 Å². The van der Waals surface area contributed by atoms with Gasteiger partial charge in [-0.05, 0) is 54.8 Å². The van der Waals surface area contributed by atoms with Gasteiger partial charge in [0.05, 0.1) is 19.1 Å². The van der Waals surface area contributed by atoms with Crippen LogP contribution in [0.3, 0.4) is 0 Å². The van der Waals surface area contributed by atoms with Crippen LogP contribution in [0.5, 0.6) is 5.75 Å². The first kappa shape index (κ1) is 27.1. The van der Waals surface area contributed by atoms with Crippen LogP contribution in [-0.2, 0) is 26.2 Å². The van der Waals surface area contributed by atoms with Gasteiger partial charge in [-0.1, -0.05) is 26.0 Å². The lowest BCUT2D eigenvalue weighted by Crippen LogP contribution is -2.51. The van der Waals surface area contributed by atoms with Crippen molar-refractivity contribution in [3.8, 4) is 5.75 Å². The van der Waals surface area contributed by atoms with E-state index in [2.05, 4.69) is 5.32 Å². The summed E-state index contributed by atoms with van der Waals surface area (Å²) >= 11 is 0. The van der Waals surface area contributed by atoms with E-state index < -0.39 is 34.3 Å². The van der Waals surface area contributed by atoms with Crippen LogP contribution in [0.25, 0.3) is 0 Å². The molecule has 0 radical (unpaired) electrons. The van der Waals surface area contributed by atoms with Crippen molar-refractivity contribution in [2.24, 2.45) is 5.92 Å². The Labute approximate surface area is 200 Å². The number of amides is 2. The molecule has 1 N–H and O–H groups in total. The van der Waals surface area contributed by atoms with E-state index in [1.54, 1.807) is 31.2 Å². The molecule has 0 aliphatic heterocycles. The van der Waals surface area contributed by atoms with Gasteiger partial charge in [0.2, 0.25) is 21.8 Å². The summed E-state index contributed by atoms with van der Waals surface area (Å²) in [5, 5.41) is 2.82. The minimum atomic E-state index is -3.87. The lowest BCUT2D eigenvalue weighted by molar-refractivity contribution is -0.139. The molecule has 2 aromatic rings. The molecule has 0 saturated heterocycles. The maximum atomic E-state index is 13.4. The molecule has 1 unspecified atom stereocenters. The van der Waals surface area contributed by atoms with E-state index in [0.717, 1.165) is 22.7 Å². The van der Waals surface area contributed by atoms with E-state index >= 15 is 0 Å². The number of sulfonamides is 1. The molecule has 0 heterocycles. The number of halogens is 1. The van der Waals surface area contributed by atoms with Gasteiger partial charge >= 0.3 is 0 Å². The third-order valence-electron chi connectivity index (χ3n) is 5.13. The number of rotatable bonds is 11. The molecule has 1 atom stereocenters. The van der Waals surface area contributed by atoms with Crippen LogP contribution in [-0.4, -0.2) is 57.6 Å². The Morgan fingerprint density at radius 1 is 1.09 bits per heavy atom. The normalized spacial score (nSPS) is 12.2. The minimum absolute atomic E-state index is 0.0628. The summed E-state index contributed by atoms with van der Waals surface area (Å²) in [5.41, 5.74) is 0.861. The van der Waals surface area contributed by atoms with Crippen molar-refractivity contribution in [1.29, 1.82) is 0 Å². The standard InChI is InChI=1S/C24H32FN3O5S/c1-17(2)14-26-24(30)18(3)27(15-19-7-6-8-22(13-19)33-4)23(29)16-28(34(5,31)32)21-11-9-20(25)10-12-21/h6-13,17-18H,14-16H2,1-5H3,(H,26,30). The smallest absolute Gasteiger partial charge is 0.244 e. The third-order valence-corrected chi connectivity index (χ3v) is 6.27. The minimum Gasteiger partial charge on any atom is -0.497 e. The lowest BCUT2D eigenvalue weighted by atomic mass is 10.1. The maximum absolute atomic E-state index is 13.4. The molecule has 2 rings (SSSR count). The largest absolute Gasteiger partial charge is 0.497 e. The molecular weight excluding hydrogens is 461 g/mol. The van der Waals surface area contributed by atoms with Crippen molar-refractivity contribution in [2.45, 2.75) is 33.4 Å². The summed E-state index contributed by atoms with van der Waals surface area (Å²) in [6.07, 6.45) is 0.967. The van der Waals surface area contributed by atoms with Gasteiger partial charge in [-0.3, -0.25) is 13.9 Å². The van der Waals surface area contributed by atoms with Gasteiger partial charge in [-0.2, -0.15) is 0 Å². The summed E-state index contributed by atoms with van der Waals surface area (Å²) in [7, 11) is -2.34. The topological polar surface area (TPSA) is 96.0 Å². The van der Waals surface area contributed by atoms with Crippen LogP contribution in [0.15, 0.2) is 48.5 Å². The van der Waals surface area contributed by atoms with Gasteiger partial charge in [0.1, 0.15) is 24.2 Å². The predicted octanol–water partition coefficient (Wildman–Crippen LogP) is 2.79. The van der Waals surface area contributed by atoms with Gasteiger partial charge in [-0.25, -0.2) is 12.8 Å². The second kappa shape index (κ2) is 11.8. The number of nitrogens with zero attached hydrogens (tertiary/aromatic N) is 2. The Morgan fingerprint density at radius 2 is 1.74 bits per heavy atom. The van der Waals surface area contributed by atoms with Crippen LogP contribution in [0.2, 0.25) is 0 Å². The molecule has 0 aliphatic carbocycles. The first-order valence-electron chi connectivity index (χ1n) is 10.9. The average Bonchev–Trinajstić information content (AvgIpc) is 2.78. The van der Waals surface area contributed by atoms with Gasteiger partial charge in [0.25, 0.3) is 0 Å². The molecule has 0 spiro atoms. The van der Waals surface area contributed by atoms with E-state index in [1.165, 1.54) is 24.1 Å². The molecular formula is C24H32FN3O5S. The number of methoxy groups -OCH3 is 1. The molecule has 0 aromatic heterocycles. The fraction of sp³-hybridized carbons (Fsp3) is 0.417. The van der Waals surface area contributed by atoms with Crippen molar-refractivity contribution in [3.05, 3.63) is 59.9 Å². The summed E-state index contributed by atoms with van der Waals surface area (Å²) in [6, 6.07) is 11.0. The molecule has 0 bridgehead atoms. The molecule has 10 heteroatoms. The van der Waals surface area contributed by atoms with Crippen LogP contribution in [0.4, 0.5) is 10.1 Å². The first-order chi connectivity index (χ1) is 15.9. The zero-order valence-corrected chi connectivity index (χ0v) is 20.9. The SMILES string of the molecule is COc1cccc(CN(C(=O)CN(c2ccc(F)cc2)S(C)(=O)=O)C(C)C(=O)NCC(C)C)c1. The Bertz CT molecular complexity index is 1090. The molecule has 2 aromatic carbocycles. The molecule has 186 valence electrons. The quantitative estimate of drug-likeness (QED) is 0.519. The van der Waals surface area contributed by atoms with Crippen molar-refractivity contribution in [2.75, 3.05) is 30.8 Å². The number of hydrogen-bond acceptors (Lipinski definition) is 5. The molecule has 2 amide bonds. The fourth-order valence-electron chi connectivity index (χ4n) is 3.22. The number of anilines is 1. The molecule has 0 aliphatic rings. The Morgan fingerprint density at radius 3 is 2.29 bits per heavy atom. The van der Waals surface area contributed by atoms with Crippen LogP contribution in [0.1, 0.15) is 26.3 Å². The highest BCUT2D eigenvalue weighted by molar-refractivity contribution is 7.92.